The number of hydrogen-bond donors (Lipinski definition) is 2. The fraction of sp³-hybridized carbons (Fsp3) is 0.889. The van der Waals surface area contributed by atoms with Gasteiger partial charge in [0.2, 0.25) is 5.91 Å². The van der Waals surface area contributed by atoms with Gasteiger partial charge in [-0.2, -0.15) is 0 Å². The predicted octanol–water partition coefficient (Wildman–Crippen LogP) is -0.521. The van der Waals surface area contributed by atoms with E-state index in [1.807, 2.05) is 6.92 Å². The summed E-state index contributed by atoms with van der Waals surface area (Å²) in [5.41, 5.74) is 0. The average Bonchev–Trinajstić information content (AvgIpc) is 1.97. The molecule has 0 radical (unpaired) electrons. The van der Waals surface area contributed by atoms with Gasteiger partial charge in [0.15, 0.2) is 0 Å². The van der Waals surface area contributed by atoms with Gasteiger partial charge in [-0.15, -0.1) is 0 Å². The molecule has 0 bridgehead atoms. The Morgan fingerprint density at radius 3 is 2.71 bits per heavy atom. The molecule has 2 atom stereocenters. The summed E-state index contributed by atoms with van der Waals surface area (Å²) in [6.07, 6.45) is 2.47. The smallest absolute Gasteiger partial charge is 0.225 e. The Morgan fingerprint density at radius 2 is 2.29 bits per heavy atom. The number of nitrogens with one attached hydrogen (secondary N) is 2. The number of carbonyl (C=O) groups is 1. The maximum atomic E-state index is 11.5. The summed E-state index contributed by atoms with van der Waals surface area (Å²) >= 11 is 0. The van der Waals surface area contributed by atoms with E-state index in [0.29, 0.717) is 5.75 Å². The zero-order chi connectivity index (χ0) is 10.6. The minimum Gasteiger partial charge on any atom is -0.353 e. The molecule has 0 aromatic carbocycles. The van der Waals surface area contributed by atoms with Crippen LogP contribution in [0.4, 0.5) is 0 Å². The summed E-state index contributed by atoms with van der Waals surface area (Å²) in [5, 5.41) is 5.98. The van der Waals surface area contributed by atoms with Crippen molar-refractivity contribution in [2.45, 2.75) is 19.4 Å². The van der Waals surface area contributed by atoms with Crippen LogP contribution in [0.2, 0.25) is 0 Å². The normalized spacial score (nSPS) is 21.0. The second-order valence-electron chi connectivity index (χ2n) is 3.83. The van der Waals surface area contributed by atoms with Gasteiger partial charge in [0.05, 0.1) is 5.92 Å². The van der Waals surface area contributed by atoms with Crippen molar-refractivity contribution in [3.05, 3.63) is 0 Å². The molecule has 2 unspecified atom stereocenters. The summed E-state index contributed by atoms with van der Waals surface area (Å²) in [5.74, 6) is 0.924. The summed E-state index contributed by atoms with van der Waals surface area (Å²) < 4.78 is 10.8. The maximum Gasteiger partial charge on any atom is 0.225 e. The summed E-state index contributed by atoms with van der Waals surface area (Å²) in [6, 6.07) is 0.131. The molecule has 0 spiro atoms. The van der Waals surface area contributed by atoms with Crippen molar-refractivity contribution in [1.82, 2.24) is 10.6 Å². The average molecular weight is 218 g/mol. The third-order valence-electron chi connectivity index (χ3n) is 2.38. The van der Waals surface area contributed by atoms with E-state index in [4.69, 9.17) is 0 Å². The van der Waals surface area contributed by atoms with Crippen molar-refractivity contribution in [1.29, 1.82) is 0 Å². The molecule has 0 aromatic heterocycles. The van der Waals surface area contributed by atoms with Gasteiger partial charge in [-0.3, -0.25) is 9.00 Å². The third kappa shape index (κ3) is 3.75. The van der Waals surface area contributed by atoms with Crippen molar-refractivity contribution >= 4 is 16.7 Å². The first-order chi connectivity index (χ1) is 6.59. The van der Waals surface area contributed by atoms with Crippen LogP contribution < -0.4 is 10.6 Å². The molecular weight excluding hydrogens is 200 g/mol. The largest absolute Gasteiger partial charge is 0.353 e. The second kappa shape index (κ2) is 5.46. The summed E-state index contributed by atoms with van der Waals surface area (Å²) in [6.45, 7) is 3.54. The molecule has 4 nitrogen and oxygen atoms in total. The van der Waals surface area contributed by atoms with Crippen molar-refractivity contribution in [2.75, 3.05) is 25.1 Å². The third-order valence-corrected chi connectivity index (χ3v) is 3.19. The Labute approximate surface area is 87.3 Å². The van der Waals surface area contributed by atoms with Gasteiger partial charge in [0, 0.05) is 41.9 Å². The van der Waals surface area contributed by atoms with Gasteiger partial charge in [0.1, 0.15) is 0 Å². The van der Waals surface area contributed by atoms with Crippen LogP contribution in [0, 0.1) is 5.92 Å². The standard InChI is InChI=1S/C9H18N2O2S/c1-7(3-4-14(2)13)11-9(12)8-5-10-6-8/h7-8,10H,3-6H2,1-2H3,(H,11,12). The zero-order valence-electron chi connectivity index (χ0n) is 8.71. The van der Waals surface area contributed by atoms with Crippen molar-refractivity contribution < 1.29 is 9.00 Å². The van der Waals surface area contributed by atoms with Gasteiger partial charge in [-0.1, -0.05) is 0 Å². The van der Waals surface area contributed by atoms with Crippen LogP contribution in [0.25, 0.3) is 0 Å². The number of hydrogen-bond acceptors (Lipinski definition) is 3. The van der Waals surface area contributed by atoms with Gasteiger partial charge < -0.3 is 10.6 Å². The molecule has 1 heterocycles. The number of carbonyl (C=O) groups excluding carboxylic acids is 1. The lowest BCUT2D eigenvalue weighted by Gasteiger charge is -2.27. The van der Waals surface area contributed by atoms with E-state index in [1.165, 1.54) is 0 Å². The number of amides is 1. The molecule has 0 saturated carbocycles. The summed E-state index contributed by atoms with van der Waals surface area (Å²) in [4.78, 5) is 11.5. The molecule has 5 heteroatoms. The van der Waals surface area contributed by atoms with E-state index in [0.717, 1.165) is 19.5 Å². The van der Waals surface area contributed by atoms with Gasteiger partial charge >= 0.3 is 0 Å². The monoisotopic (exact) mass is 218 g/mol. The van der Waals surface area contributed by atoms with E-state index in [1.54, 1.807) is 6.26 Å². The highest BCUT2D eigenvalue weighted by Gasteiger charge is 2.25. The molecule has 0 aromatic rings. The molecule has 2 N–H and O–H groups in total. The molecule has 1 fully saturated rings. The van der Waals surface area contributed by atoms with Crippen LogP contribution in [0.5, 0.6) is 0 Å². The molecule has 1 aliphatic heterocycles. The predicted molar refractivity (Wildman–Crippen MR) is 57.5 cm³/mol. The molecule has 0 aliphatic carbocycles. The SMILES string of the molecule is CC(CCS(C)=O)NC(=O)C1CNC1. The maximum absolute atomic E-state index is 11.5. The molecule has 1 aliphatic rings. The first-order valence-corrected chi connectivity index (χ1v) is 6.63. The first-order valence-electron chi connectivity index (χ1n) is 4.90. The quantitative estimate of drug-likeness (QED) is 0.653. The van der Waals surface area contributed by atoms with Gasteiger partial charge in [0.25, 0.3) is 0 Å². The van der Waals surface area contributed by atoms with Crippen LogP contribution in [-0.2, 0) is 15.6 Å². The van der Waals surface area contributed by atoms with E-state index in [2.05, 4.69) is 10.6 Å². The Morgan fingerprint density at radius 1 is 1.64 bits per heavy atom. The Bertz CT molecular complexity index is 229. The van der Waals surface area contributed by atoms with E-state index < -0.39 is 10.8 Å². The molecule has 1 rings (SSSR count). The minimum absolute atomic E-state index is 0.123. The van der Waals surface area contributed by atoms with E-state index in [9.17, 15) is 9.00 Å². The van der Waals surface area contributed by atoms with Crippen LogP contribution >= 0.6 is 0 Å². The van der Waals surface area contributed by atoms with Crippen molar-refractivity contribution in [3.63, 3.8) is 0 Å². The molecule has 14 heavy (non-hydrogen) atoms. The topological polar surface area (TPSA) is 58.2 Å². The fourth-order valence-corrected chi connectivity index (χ4v) is 1.94. The fourth-order valence-electron chi connectivity index (χ4n) is 1.25. The summed E-state index contributed by atoms with van der Waals surface area (Å²) in [7, 11) is -0.763. The highest BCUT2D eigenvalue weighted by atomic mass is 32.2. The lowest BCUT2D eigenvalue weighted by Crippen LogP contribution is -2.52. The van der Waals surface area contributed by atoms with Crippen molar-refractivity contribution in [3.8, 4) is 0 Å². The number of rotatable bonds is 5. The Hall–Kier alpha value is -0.420. The van der Waals surface area contributed by atoms with E-state index in [-0.39, 0.29) is 17.9 Å². The highest BCUT2D eigenvalue weighted by molar-refractivity contribution is 7.84. The van der Waals surface area contributed by atoms with Gasteiger partial charge in [-0.05, 0) is 13.3 Å². The Kier molecular flexibility index (Phi) is 4.54. The van der Waals surface area contributed by atoms with Crippen LogP contribution in [0.15, 0.2) is 0 Å². The van der Waals surface area contributed by atoms with Crippen LogP contribution in [0.1, 0.15) is 13.3 Å². The van der Waals surface area contributed by atoms with Crippen LogP contribution in [-0.4, -0.2) is 41.3 Å². The lowest BCUT2D eigenvalue weighted by molar-refractivity contribution is -0.127. The molecule has 82 valence electrons. The van der Waals surface area contributed by atoms with Gasteiger partial charge in [-0.25, -0.2) is 0 Å². The van der Waals surface area contributed by atoms with E-state index >= 15 is 0 Å². The second-order valence-corrected chi connectivity index (χ2v) is 5.39. The molecule has 1 saturated heterocycles. The van der Waals surface area contributed by atoms with Crippen molar-refractivity contribution in [2.24, 2.45) is 5.92 Å². The molecular formula is C9H18N2O2S. The first kappa shape index (κ1) is 11.7. The zero-order valence-corrected chi connectivity index (χ0v) is 9.52. The van der Waals surface area contributed by atoms with Crippen LogP contribution in [0.3, 0.4) is 0 Å². The minimum atomic E-state index is -0.763. The Balaban J connectivity index is 2.15. The highest BCUT2D eigenvalue weighted by Crippen LogP contribution is 2.03. The molecule has 1 amide bonds. The lowest BCUT2D eigenvalue weighted by atomic mass is 10.0.